The van der Waals surface area contributed by atoms with Crippen LogP contribution in [0.5, 0.6) is 0 Å². The van der Waals surface area contributed by atoms with Crippen molar-refractivity contribution < 1.29 is 9.59 Å². The molecule has 0 N–H and O–H groups in total. The molecular formula is C2HN2O2P. The molecule has 0 aliphatic carbocycles. The first kappa shape index (κ1) is 6.19. The van der Waals surface area contributed by atoms with Gasteiger partial charge in [0.2, 0.25) is 12.2 Å². The van der Waals surface area contributed by atoms with E-state index in [9.17, 15) is 9.59 Å². The average molecular weight is 116 g/mol. The van der Waals surface area contributed by atoms with Crippen molar-refractivity contribution in [3.05, 3.63) is 0 Å². The third kappa shape index (κ3) is 5.19. The molecule has 5 heteroatoms. The van der Waals surface area contributed by atoms with Gasteiger partial charge in [0.05, 0.1) is 0 Å². The molecule has 4 nitrogen and oxygen atoms in total. The maximum atomic E-state index is 9.21. The first-order valence-corrected chi connectivity index (χ1v) is 2.20. The van der Waals surface area contributed by atoms with E-state index in [0.717, 1.165) is 0 Å². The quantitative estimate of drug-likeness (QED) is 0.293. The van der Waals surface area contributed by atoms with Gasteiger partial charge in [-0.3, -0.25) is 0 Å². The van der Waals surface area contributed by atoms with Crippen molar-refractivity contribution in [3.8, 4) is 0 Å². The van der Waals surface area contributed by atoms with E-state index in [1.54, 1.807) is 0 Å². The SMILES string of the molecule is O=C=NPN=C=O. The molecule has 0 saturated heterocycles. The maximum absolute atomic E-state index is 9.21. The van der Waals surface area contributed by atoms with Crippen molar-refractivity contribution in [3.63, 3.8) is 0 Å². The number of rotatable bonds is 2. The molecule has 0 bridgehead atoms. The van der Waals surface area contributed by atoms with Gasteiger partial charge in [-0.25, -0.2) is 9.59 Å². The Bertz CT molecular complexity index is 117. The van der Waals surface area contributed by atoms with Gasteiger partial charge >= 0.3 is 0 Å². The number of nitrogens with zero attached hydrogens (tertiary/aromatic N) is 2. The lowest BCUT2D eigenvalue weighted by Crippen LogP contribution is -1.39. The van der Waals surface area contributed by atoms with Crippen LogP contribution in [0.2, 0.25) is 0 Å². The number of hydrogen-bond acceptors (Lipinski definition) is 4. The zero-order valence-electron chi connectivity index (χ0n) is 3.21. The lowest BCUT2D eigenvalue weighted by molar-refractivity contribution is 0.566. The van der Waals surface area contributed by atoms with E-state index < -0.39 is 0 Å². The normalized spacial score (nSPS) is 7.43. The van der Waals surface area contributed by atoms with Crippen molar-refractivity contribution in [2.75, 3.05) is 0 Å². The van der Waals surface area contributed by atoms with E-state index in [-0.39, 0.29) is 8.88 Å². The average Bonchev–Trinajstić information content (AvgIpc) is 1.69. The van der Waals surface area contributed by atoms with Gasteiger partial charge in [0.15, 0.2) is 8.88 Å². The van der Waals surface area contributed by atoms with E-state index in [1.165, 1.54) is 12.2 Å². The Morgan fingerprint density at radius 2 is 1.57 bits per heavy atom. The fraction of sp³-hybridized carbons (Fsp3) is 0. The molecule has 0 atom stereocenters. The summed E-state index contributed by atoms with van der Waals surface area (Å²) in [7, 11) is -0.365. The van der Waals surface area contributed by atoms with E-state index in [2.05, 4.69) is 9.53 Å². The summed E-state index contributed by atoms with van der Waals surface area (Å²) in [4.78, 5) is 18.4. The molecule has 0 aromatic rings. The van der Waals surface area contributed by atoms with Crippen LogP contribution in [0.15, 0.2) is 9.53 Å². The topological polar surface area (TPSA) is 58.9 Å². The second kappa shape index (κ2) is 5.19. The van der Waals surface area contributed by atoms with Crippen molar-refractivity contribution >= 4 is 21.0 Å². The molecule has 0 aromatic heterocycles. The first-order chi connectivity index (χ1) is 3.41. The van der Waals surface area contributed by atoms with Gasteiger partial charge in [0.25, 0.3) is 0 Å². The lowest BCUT2D eigenvalue weighted by Gasteiger charge is -1.62. The molecule has 0 aliphatic heterocycles. The van der Waals surface area contributed by atoms with Crippen LogP contribution < -0.4 is 0 Å². The van der Waals surface area contributed by atoms with Gasteiger partial charge < -0.3 is 0 Å². The largest absolute Gasteiger partial charge is 0.240 e. The van der Waals surface area contributed by atoms with Crippen molar-refractivity contribution in [2.45, 2.75) is 0 Å². The van der Waals surface area contributed by atoms with E-state index >= 15 is 0 Å². The summed E-state index contributed by atoms with van der Waals surface area (Å²) in [6.07, 6.45) is 2.43. The second-order valence-electron chi connectivity index (χ2n) is 0.506. The molecule has 0 aliphatic rings. The van der Waals surface area contributed by atoms with Crippen LogP contribution in [0.1, 0.15) is 0 Å². The number of carbonyl (C=O) groups excluding carboxylic acids is 2. The van der Waals surface area contributed by atoms with Crippen molar-refractivity contribution in [1.82, 2.24) is 0 Å². The summed E-state index contributed by atoms with van der Waals surface area (Å²) >= 11 is 0. The molecule has 36 valence electrons. The van der Waals surface area contributed by atoms with Crippen LogP contribution in [-0.2, 0) is 9.59 Å². The van der Waals surface area contributed by atoms with Crippen molar-refractivity contribution in [1.29, 1.82) is 0 Å². The highest BCUT2D eigenvalue weighted by molar-refractivity contribution is 7.35. The van der Waals surface area contributed by atoms with Crippen LogP contribution in [0.4, 0.5) is 0 Å². The van der Waals surface area contributed by atoms with Crippen LogP contribution in [0, 0.1) is 0 Å². The fourth-order valence-electron chi connectivity index (χ4n) is 0.0658. The van der Waals surface area contributed by atoms with Gasteiger partial charge in [-0.05, 0) is 0 Å². The maximum Gasteiger partial charge on any atom is 0.240 e. The molecule has 0 unspecified atom stereocenters. The zero-order chi connectivity index (χ0) is 5.54. The molecule has 0 radical (unpaired) electrons. The van der Waals surface area contributed by atoms with Gasteiger partial charge in [0.1, 0.15) is 0 Å². The molecule has 7 heavy (non-hydrogen) atoms. The molecule has 0 amide bonds. The fourth-order valence-corrected chi connectivity index (χ4v) is 0.197. The molecule has 0 heterocycles. The minimum Gasteiger partial charge on any atom is -0.211 e. The highest BCUT2D eigenvalue weighted by atomic mass is 31.1. The Balaban J connectivity index is 3.33. The zero-order valence-corrected chi connectivity index (χ0v) is 4.21. The Morgan fingerprint density at radius 1 is 1.14 bits per heavy atom. The lowest BCUT2D eigenvalue weighted by atomic mass is 11.7. The summed E-state index contributed by atoms with van der Waals surface area (Å²) < 4.78 is 5.91. The van der Waals surface area contributed by atoms with Crippen LogP contribution >= 0.6 is 8.88 Å². The predicted octanol–water partition coefficient (Wildman–Crippen LogP) is 0.166. The number of isocyanates is 2. The molecule has 0 fully saturated rings. The third-order valence-corrected chi connectivity index (χ3v) is 0.574. The summed E-state index contributed by atoms with van der Waals surface area (Å²) in [5, 5.41) is 0. The Morgan fingerprint density at radius 3 is 1.86 bits per heavy atom. The summed E-state index contributed by atoms with van der Waals surface area (Å²) in [5.74, 6) is 0. The molecule has 0 aromatic carbocycles. The Labute approximate surface area is 41.2 Å². The molecule has 0 saturated carbocycles. The molecule has 0 rings (SSSR count). The summed E-state index contributed by atoms with van der Waals surface area (Å²) in [6.45, 7) is 0. The van der Waals surface area contributed by atoms with Gasteiger partial charge in [-0.15, -0.1) is 0 Å². The molecule has 0 spiro atoms. The predicted molar refractivity (Wildman–Crippen MR) is 24.6 cm³/mol. The summed E-state index contributed by atoms with van der Waals surface area (Å²) in [6, 6.07) is 0. The van der Waals surface area contributed by atoms with Gasteiger partial charge in [-0.2, -0.15) is 9.53 Å². The standard InChI is InChI=1S/C2HN2O2P/c5-1-3-7-4-2-6/h7H. The Hall–Kier alpha value is -0.810. The van der Waals surface area contributed by atoms with E-state index in [1.807, 2.05) is 0 Å². The highest BCUT2D eigenvalue weighted by Crippen LogP contribution is 2.07. The molecular weight excluding hydrogens is 115 g/mol. The highest BCUT2D eigenvalue weighted by Gasteiger charge is 1.64. The first-order valence-electron chi connectivity index (χ1n) is 1.30. The summed E-state index contributed by atoms with van der Waals surface area (Å²) in [5.41, 5.74) is 0. The third-order valence-electron chi connectivity index (χ3n) is 0.191. The Kier molecular flexibility index (Phi) is 4.59. The van der Waals surface area contributed by atoms with E-state index in [4.69, 9.17) is 0 Å². The van der Waals surface area contributed by atoms with Crippen LogP contribution in [-0.4, -0.2) is 12.2 Å². The van der Waals surface area contributed by atoms with E-state index in [0.29, 0.717) is 0 Å². The smallest absolute Gasteiger partial charge is 0.211 e. The minimum atomic E-state index is -0.365. The van der Waals surface area contributed by atoms with Crippen LogP contribution in [0.3, 0.4) is 0 Å². The monoisotopic (exact) mass is 116 g/mol. The van der Waals surface area contributed by atoms with Crippen LogP contribution in [0.25, 0.3) is 0 Å². The van der Waals surface area contributed by atoms with Crippen molar-refractivity contribution in [2.24, 2.45) is 9.53 Å². The second-order valence-corrected chi connectivity index (χ2v) is 1.15. The number of hydrogen-bond donors (Lipinski definition) is 0. The van der Waals surface area contributed by atoms with Gasteiger partial charge in [0, 0.05) is 0 Å². The minimum absolute atomic E-state index is 0.365. The van der Waals surface area contributed by atoms with Gasteiger partial charge in [-0.1, -0.05) is 0 Å².